The van der Waals surface area contributed by atoms with Crippen molar-refractivity contribution in [3.05, 3.63) is 71.3 Å². The molecule has 0 aromatic heterocycles. The van der Waals surface area contributed by atoms with Gasteiger partial charge in [0.05, 0.1) is 6.42 Å². The van der Waals surface area contributed by atoms with Crippen LogP contribution in [0.3, 0.4) is 0 Å². The summed E-state index contributed by atoms with van der Waals surface area (Å²) >= 11 is 0. The largest absolute Gasteiger partial charge is 0.338 e. The zero-order chi connectivity index (χ0) is 19.6. The van der Waals surface area contributed by atoms with Crippen LogP contribution in [-0.2, 0) is 25.6 Å². The van der Waals surface area contributed by atoms with Crippen molar-refractivity contribution in [2.75, 3.05) is 7.05 Å². The molecule has 0 aliphatic heterocycles. The van der Waals surface area contributed by atoms with E-state index in [0.29, 0.717) is 23.8 Å². The SMILES string of the molecule is CN(OC(=O)CCc1ccc(C(=O)c2ccccc2)cc1)C(=O)CCC=O. The van der Waals surface area contributed by atoms with Gasteiger partial charge in [-0.05, 0) is 12.0 Å². The molecule has 0 fully saturated rings. The van der Waals surface area contributed by atoms with E-state index in [1.807, 2.05) is 18.2 Å². The van der Waals surface area contributed by atoms with Crippen LogP contribution in [0.15, 0.2) is 54.6 Å². The van der Waals surface area contributed by atoms with Crippen LogP contribution < -0.4 is 0 Å². The number of ketones is 1. The van der Waals surface area contributed by atoms with Crippen molar-refractivity contribution in [3.63, 3.8) is 0 Å². The van der Waals surface area contributed by atoms with E-state index in [-0.39, 0.29) is 25.0 Å². The first-order valence-corrected chi connectivity index (χ1v) is 8.61. The van der Waals surface area contributed by atoms with Gasteiger partial charge in [-0.25, -0.2) is 4.79 Å². The van der Waals surface area contributed by atoms with Crippen LogP contribution in [0.2, 0.25) is 0 Å². The van der Waals surface area contributed by atoms with Crippen molar-refractivity contribution in [2.45, 2.75) is 25.7 Å². The Balaban J connectivity index is 1.84. The average Bonchev–Trinajstić information content (AvgIpc) is 2.70. The second kappa shape index (κ2) is 10.0. The molecule has 27 heavy (non-hydrogen) atoms. The van der Waals surface area contributed by atoms with E-state index in [4.69, 9.17) is 4.84 Å². The maximum atomic E-state index is 12.4. The van der Waals surface area contributed by atoms with Crippen molar-refractivity contribution in [1.82, 2.24) is 5.06 Å². The fourth-order valence-corrected chi connectivity index (χ4v) is 2.41. The molecule has 0 saturated carbocycles. The highest BCUT2D eigenvalue weighted by Gasteiger charge is 2.14. The molecule has 0 aliphatic carbocycles. The summed E-state index contributed by atoms with van der Waals surface area (Å²) in [6.45, 7) is 0. The summed E-state index contributed by atoms with van der Waals surface area (Å²) in [5, 5.41) is 0.855. The standard InChI is InChI=1S/C21H21NO5/c1-22(19(24)8-5-15-23)27-20(25)14-11-16-9-12-18(13-10-16)21(26)17-6-3-2-4-7-17/h2-4,6-7,9-10,12-13,15H,5,8,11,14H2,1H3. The van der Waals surface area contributed by atoms with Gasteiger partial charge in [0.2, 0.25) is 0 Å². The number of rotatable bonds is 8. The fourth-order valence-electron chi connectivity index (χ4n) is 2.41. The van der Waals surface area contributed by atoms with E-state index in [2.05, 4.69) is 0 Å². The Labute approximate surface area is 157 Å². The molecule has 2 aromatic rings. The maximum absolute atomic E-state index is 12.4. The molecule has 6 nitrogen and oxygen atoms in total. The predicted octanol–water partition coefficient (Wildman–Crippen LogP) is 2.75. The lowest BCUT2D eigenvalue weighted by atomic mass is 10.0. The summed E-state index contributed by atoms with van der Waals surface area (Å²) in [6, 6.07) is 16.0. The van der Waals surface area contributed by atoms with Crippen LogP contribution in [-0.4, -0.2) is 36.1 Å². The third-order valence-electron chi connectivity index (χ3n) is 3.94. The van der Waals surface area contributed by atoms with Crippen molar-refractivity contribution in [2.24, 2.45) is 0 Å². The number of aldehydes is 1. The Kier molecular flexibility index (Phi) is 7.43. The molecular formula is C21H21NO5. The molecule has 0 aliphatic rings. The molecule has 0 bridgehead atoms. The van der Waals surface area contributed by atoms with Crippen LogP contribution in [0.4, 0.5) is 0 Å². The zero-order valence-corrected chi connectivity index (χ0v) is 15.1. The minimum Gasteiger partial charge on any atom is -0.338 e. The van der Waals surface area contributed by atoms with Crippen LogP contribution in [0.5, 0.6) is 0 Å². The maximum Gasteiger partial charge on any atom is 0.332 e. The van der Waals surface area contributed by atoms with Crippen LogP contribution in [0.1, 0.15) is 40.7 Å². The Hall–Kier alpha value is -3.28. The normalized spacial score (nSPS) is 10.1. The van der Waals surface area contributed by atoms with Gasteiger partial charge in [-0.15, -0.1) is 0 Å². The van der Waals surface area contributed by atoms with Gasteiger partial charge < -0.3 is 9.63 Å². The van der Waals surface area contributed by atoms with Crippen LogP contribution in [0, 0.1) is 0 Å². The number of carbonyl (C=O) groups excluding carboxylic acids is 4. The first kappa shape index (κ1) is 20.0. The second-order valence-electron chi connectivity index (χ2n) is 5.95. The van der Waals surface area contributed by atoms with Gasteiger partial charge in [-0.2, -0.15) is 5.06 Å². The molecule has 0 heterocycles. The molecular weight excluding hydrogens is 346 g/mol. The lowest BCUT2D eigenvalue weighted by molar-refractivity contribution is -0.192. The quantitative estimate of drug-likeness (QED) is 0.407. The Morgan fingerprint density at radius 3 is 2.19 bits per heavy atom. The summed E-state index contributed by atoms with van der Waals surface area (Å²) in [5.41, 5.74) is 2.08. The van der Waals surface area contributed by atoms with Gasteiger partial charge in [-0.1, -0.05) is 54.6 Å². The Morgan fingerprint density at radius 2 is 1.56 bits per heavy atom. The molecule has 6 heteroatoms. The van der Waals surface area contributed by atoms with Gasteiger partial charge in [0.1, 0.15) is 6.29 Å². The number of hydrogen-bond donors (Lipinski definition) is 0. The van der Waals surface area contributed by atoms with Crippen molar-refractivity contribution < 1.29 is 24.0 Å². The predicted molar refractivity (Wildman–Crippen MR) is 98.8 cm³/mol. The minimum atomic E-state index is -0.540. The van der Waals surface area contributed by atoms with E-state index in [1.54, 1.807) is 36.4 Å². The van der Waals surface area contributed by atoms with Gasteiger partial charge in [0.15, 0.2) is 5.78 Å². The van der Waals surface area contributed by atoms with Gasteiger partial charge >= 0.3 is 5.97 Å². The van der Waals surface area contributed by atoms with Gasteiger partial charge in [0, 0.05) is 31.0 Å². The fraction of sp³-hybridized carbons (Fsp3) is 0.238. The molecule has 0 radical (unpaired) electrons. The van der Waals surface area contributed by atoms with Crippen molar-refractivity contribution in [3.8, 4) is 0 Å². The third-order valence-corrected chi connectivity index (χ3v) is 3.94. The molecule has 1 amide bonds. The Bertz CT molecular complexity index is 799. The van der Waals surface area contributed by atoms with Gasteiger partial charge in [-0.3, -0.25) is 9.59 Å². The highest BCUT2D eigenvalue weighted by molar-refractivity contribution is 6.08. The van der Waals surface area contributed by atoms with E-state index >= 15 is 0 Å². The molecule has 0 saturated heterocycles. The summed E-state index contributed by atoms with van der Waals surface area (Å²) in [4.78, 5) is 50.9. The lowest BCUT2D eigenvalue weighted by Crippen LogP contribution is -2.29. The number of nitrogens with zero attached hydrogens (tertiary/aromatic N) is 1. The highest BCUT2D eigenvalue weighted by Crippen LogP contribution is 2.12. The summed E-state index contributed by atoms with van der Waals surface area (Å²) in [5.74, 6) is -1.03. The molecule has 0 unspecified atom stereocenters. The molecule has 0 N–H and O–H groups in total. The van der Waals surface area contributed by atoms with Gasteiger partial charge in [0.25, 0.3) is 5.91 Å². The molecule has 0 atom stereocenters. The van der Waals surface area contributed by atoms with Crippen molar-refractivity contribution in [1.29, 1.82) is 0 Å². The van der Waals surface area contributed by atoms with E-state index < -0.39 is 11.9 Å². The number of benzene rings is 2. The third kappa shape index (κ3) is 6.18. The summed E-state index contributed by atoms with van der Waals surface area (Å²) in [6.07, 6.45) is 1.25. The second-order valence-corrected chi connectivity index (χ2v) is 5.95. The monoisotopic (exact) mass is 367 g/mol. The number of aryl methyl sites for hydroxylation is 1. The summed E-state index contributed by atoms with van der Waals surface area (Å²) < 4.78 is 0. The average molecular weight is 367 g/mol. The topological polar surface area (TPSA) is 80.8 Å². The first-order valence-electron chi connectivity index (χ1n) is 8.61. The van der Waals surface area contributed by atoms with Crippen molar-refractivity contribution >= 4 is 23.9 Å². The van der Waals surface area contributed by atoms with E-state index in [0.717, 1.165) is 10.6 Å². The molecule has 0 spiro atoms. The van der Waals surface area contributed by atoms with Crippen LogP contribution >= 0.6 is 0 Å². The number of amides is 1. The molecule has 140 valence electrons. The number of carbonyl (C=O) groups is 4. The number of hydroxylamine groups is 2. The van der Waals surface area contributed by atoms with E-state index in [9.17, 15) is 19.2 Å². The lowest BCUT2D eigenvalue weighted by Gasteiger charge is -2.15. The minimum absolute atomic E-state index is 0.00415. The van der Waals surface area contributed by atoms with E-state index in [1.165, 1.54) is 7.05 Å². The molecule has 2 aromatic carbocycles. The zero-order valence-electron chi connectivity index (χ0n) is 15.1. The van der Waals surface area contributed by atoms with Crippen LogP contribution in [0.25, 0.3) is 0 Å². The Morgan fingerprint density at radius 1 is 0.926 bits per heavy atom. The highest BCUT2D eigenvalue weighted by atomic mass is 16.7. The first-order chi connectivity index (χ1) is 13.0. The smallest absolute Gasteiger partial charge is 0.332 e. The number of hydrogen-bond acceptors (Lipinski definition) is 5. The summed E-state index contributed by atoms with van der Waals surface area (Å²) in [7, 11) is 1.34. The molecule has 2 rings (SSSR count).